The lowest BCUT2D eigenvalue weighted by atomic mass is 9.95. The normalized spacial score (nSPS) is 30.3. The molecule has 30 nitrogen and oxygen atoms in total. The Hall–Kier alpha value is -5.99. The number of esters is 10. The summed E-state index contributed by atoms with van der Waals surface area (Å²) in [4.78, 5) is 143. The van der Waals surface area contributed by atoms with Crippen molar-refractivity contribution in [1.29, 1.82) is 0 Å². The summed E-state index contributed by atoms with van der Waals surface area (Å²) in [6, 6.07) is 0. The van der Waals surface area contributed by atoms with Crippen LogP contribution in [-0.4, -0.2) is 214 Å². The molecule has 4 fully saturated rings. The number of carbonyl (C=O) groups excluding carboxylic acids is 11. The highest BCUT2D eigenvalue weighted by molar-refractivity contribution is 5.75. The quantitative estimate of drug-likeness (QED) is 0.0335. The lowest BCUT2D eigenvalue weighted by Gasteiger charge is -2.51. The van der Waals surface area contributed by atoms with Gasteiger partial charge in [0.15, 0.2) is 92.3 Å². The van der Waals surface area contributed by atoms with Crippen molar-refractivity contribution in [2.75, 3.05) is 19.8 Å². The number of hydrogen-bond donors (Lipinski definition) is 0. The first-order chi connectivity index (χ1) is 46.5. The molecule has 98 heavy (non-hydrogen) atoms. The Morgan fingerprint density at radius 1 is 0.327 bits per heavy atom. The summed E-state index contributed by atoms with van der Waals surface area (Å²) in [5, 5.41) is 0. The van der Waals surface area contributed by atoms with Gasteiger partial charge in [0, 0.05) is 81.8 Å². The predicted octanol–water partition coefficient (Wildman–Crippen LogP) is 7.08. The second-order valence-corrected chi connectivity index (χ2v) is 25.2. The number of unbranched alkanes of at least 4 members (excludes halogenated alkanes) is 10. The summed E-state index contributed by atoms with van der Waals surface area (Å²) in [6.45, 7) is 18.6. The van der Waals surface area contributed by atoms with Gasteiger partial charge in [0.05, 0.1) is 24.9 Å². The molecular weight excluding hydrogens is 1300 g/mol. The van der Waals surface area contributed by atoms with E-state index in [0.717, 1.165) is 127 Å². The van der Waals surface area contributed by atoms with E-state index in [1.54, 1.807) is 20.8 Å². The van der Waals surface area contributed by atoms with Crippen molar-refractivity contribution in [1.82, 2.24) is 0 Å². The lowest BCUT2D eigenvalue weighted by molar-refractivity contribution is -0.399. The van der Waals surface area contributed by atoms with Crippen LogP contribution in [0.3, 0.4) is 0 Å². The maximum atomic E-state index is 14.4. The molecule has 0 aliphatic carbocycles. The SMILES string of the molecule is CCCCCCCCC[C@H](CCCCCCCC(C)=O)O[C@@H]1O[C@H](COC(C)=O)[C@@H](OC(C)=O)[C@H](OC(C)=O)[C@H]1O[C@@H]1O[C@H](CO[C@@H]2O[C@H](C)[C@H](OC(C)=O)[C@H](OC(C)=O)[C@@H]2OC(C)=O)[C@@H](OCCC)[C@H](OC(=O)CCC)[C@H]1O[C@@H]1O[C@@H](C)[C@H](OC(C)=O)[C@@H](OC(C)=O)C1OC(C)=O. The van der Waals surface area contributed by atoms with Crippen molar-refractivity contribution >= 4 is 65.5 Å². The highest BCUT2D eigenvalue weighted by Gasteiger charge is 2.60. The number of ketones is 1. The average Bonchev–Trinajstić information content (AvgIpc) is 0.765. The van der Waals surface area contributed by atoms with Crippen LogP contribution in [0, 0.1) is 0 Å². The van der Waals surface area contributed by atoms with E-state index >= 15 is 0 Å². The first-order valence-corrected chi connectivity index (χ1v) is 34.5. The number of carbonyl (C=O) groups is 11. The van der Waals surface area contributed by atoms with Crippen LogP contribution in [0.1, 0.15) is 219 Å². The van der Waals surface area contributed by atoms with E-state index in [1.807, 2.05) is 0 Å². The Morgan fingerprint density at radius 2 is 0.714 bits per heavy atom. The van der Waals surface area contributed by atoms with Gasteiger partial charge in [-0.1, -0.05) is 91.4 Å². The van der Waals surface area contributed by atoms with Crippen molar-refractivity contribution < 1.29 is 143 Å². The molecule has 560 valence electrons. The largest absolute Gasteiger partial charge is 0.463 e. The Kier molecular flexibility index (Phi) is 37.6. The summed E-state index contributed by atoms with van der Waals surface area (Å²) in [7, 11) is 0. The molecule has 0 aromatic carbocycles. The van der Waals surface area contributed by atoms with Crippen molar-refractivity contribution in [2.24, 2.45) is 0 Å². The Bertz CT molecular complexity index is 2540. The van der Waals surface area contributed by atoms with Crippen LogP contribution in [0.25, 0.3) is 0 Å². The van der Waals surface area contributed by atoms with Crippen LogP contribution in [0.2, 0.25) is 0 Å². The van der Waals surface area contributed by atoms with E-state index in [4.69, 9.17) is 90.0 Å². The molecule has 0 radical (unpaired) electrons. The lowest BCUT2D eigenvalue weighted by Crippen LogP contribution is -2.69. The van der Waals surface area contributed by atoms with Crippen LogP contribution < -0.4 is 0 Å². The smallest absolute Gasteiger partial charge is 0.306 e. The number of hydrogen-bond acceptors (Lipinski definition) is 30. The van der Waals surface area contributed by atoms with Gasteiger partial charge in [0.25, 0.3) is 0 Å². The van der Waals surface area contributed by atoms with Crippen molar-refractivity contribution in [2.45, 2.75) is 348 Å². The summed E-state index contributed by atoms with van der Waals surface area (Å²) < 4.78 is 119. The average molecular weight is 1410 g/mol. The molecule has 0 aromatic rings. The molecule has 4 aliphatic rings. The third-order valence-corrected chi connectivity index (χ3v) is 16.3. The zero-order valence-electron chi connectivity index (χ0n) is 59.7. The first kappa shape index (κ1) is 84.4. The predicted molar refractivity (Wildman–Crippen MR) is 338 cm³/mol. The molecular formula is C68H108O30. The van der Waals surface area contributed by atoms with Gasteiger partial charge in [-0.3, -0.25) is 47.9 Å². The maximum absolute atomic E-state index is 14.4. The Morgan fingerprint density at radius 3 is 1.18 bits per heavy atom. The minimum Gasteiger partial charge on any atom is -0.463 e. The van der Waals surface area contributed by atoms with Crippen LogP contribution in [-0.2, 0) is 143 Å². The van der Waals surface area contributed by atoms with Gasteiger partial charge in [-0.2, -0.15) is 0 Å². The first-order valence-electron chi connectivity index (χ1n) is 34.5. The third kappa shape index (κ3) is 28.6. The number of Topliss-reactive ketones (excluding diaryl/α,β-unsaturated/α-hetero) is 1. The van der Waals surface area contributed by atoms with Crippen LogP contribution in [0.5, 0.6) is 0 Å². The molecule has 0 N–H and O–H groups in total. The summed E-state index contributed by atoms with van der Waals surface area (Å²) in [6.07, 6.45) is -20.7. The monoisotopic (exact) mass is 1400 g/mol. The number of ether oxygens (including phenoxy) is 19. The zero-order valence-corrected chi connectivity index (χ0v) is 59.7. The minimum atomic E-state index is -2.05. The molecule has 30 heteroatoms. The van der Waals surface area contributed by atoms with Crippen LogP contribution in [0.15, 0.2) is 0 Å². The third-order valence-electron chi connectivity index (χ3n) is 16.3. The highest BCUT2D eigenvalue weighted by atomic mass is 16.8. The van der Waals surface area contributed by atoms with Gasteiger partial charge < -0.3 is 94.8 Å². The molecule has 0 amide bonds. The topological polar surface area (TPSA) is 363 Å². The fourth-order valence-electron chi connectivity index (χ4n) is 12.2. The highest BCUT2D eigenvalue weighted by Crippen LogP contribution is 2.40. The van der Waals surface area contributed by atoms with Crippen molar-refractivity contribution in [3.05, 3.63) is 0 Å². The van der Waals surface area contributed by atoms with Crippen LogP contribution in [0.4, 0.5) is 0 Å². The zero-order chi connectivity index (χ0) is 72.8. The fraction of sp³-hybridized carbons (Fsp3) is 0.838. The van der Waals surface area contributed by atoms with E-state index in [9.17, 15) is 52.7 Å². The van der Waals surface area contributed by atoms with Gasteiger partial charge in [-0.15, -0.1) is 0 Å². The van der Waals surface area contributed by atoms with Crippen LogP contribution >= 0.6 is 0 Å². The molecule has 1 unspecified atom stereocenters. The molecule has 4 rings (SSSR count). The van der Waals surface area contributed by atoms with Crippen molar-refractivity contribution in [3.63, 3.8) is 0 Å². The molecule has 0 bridgehead atoms. The van der Waals surface area contributed by atoms with Gasteiger partial charge in [-0.25, -0.2) is 0 Å². The van der Waals surface area contributed by atoms with E-state index < -0.39 is 202 Å². The maximum Gasteiger partial charge on any atom is 0.306 e. The van der Waals surface area contributed by atoms with Gasteiger partial charge in [0.1, 0.15) is 30.7 Å². The molecule has 4 saturated heterocycles. The van der Waals surface area contributed by atoms with E-state index in [2.05, 4.69) is 6.92 Å². The fourth-order valence-corrected chi connectivity index (χ4v) is 12.2. The van der Waals surface area contributed by atoms with Gasteiger partial charge in [0.2, 0.25) is 0 Å². The summed E-state index contributed by atoms with van der Waals surface area (Å²) >= 11 is 0. The molecule has 0 aromatic heterocycles. The Labute approximate surface area is 574 Å². The molecule has 4 aliphatic heterocycles. The van der Waals surface area contributed by atoms with E-state index in [0.29, 0.717) is 38.5 Å². The molecule has 0 saturated carbocycles. The minimum absolute atomic E-state index is 0.0743. The second kappa shape index (κ2) is 43.6. The molecule has 0 spiro atoms. The second-order valence-electron chi connectivity index (χ2n) is 25.2. The molecule has 4 heterocycles. The standard InChI is InChI=1S/C68H108O30/c1-16-19-20-21-22-25-28-32-49(33-29-26-23-24-27-31-37(4)69)93-67-64(60(90-46(13)76)56(87-43(10)73)51(95-67)35-81-40(7)70)98-68-63(97-66-62(92-48(15)78)58(89-45(12)75)54(39(6)84-66)86-42(9)72)59(96-52(79)30-17-2)55(80-34-18-3)50(94-68)36-82-65-61(91-47(14)77)57(88-44(11)74)53(38(5)83-65)85-41(8)71/h38-39,49-51,53-68H,16-36H2,1-15H3/t38-,39+,49-,50-,51-,53+,54+,55-,56-,57+,58-,59+,60+,61+,62?,63-,64-,65-,66+,67-,68+/m1/s1. The number of rotatable bonds is 41. The molecule has 21 atom stereocenters. The Balaban J connectivity index is 2.10. The summed E-state index contributed by atoms with van der Waals surface area (Å²) in [5.74, 6) is -8.52. The van der Waals surface area contributed by atoms with Crippen molar-refractivity contribution in [3.8, 4) is 0 Å². The van der Waals surface area contributed by atoms with E-state index in [-0.39, 0.29) is 25.2 Å². The van der Waals surface area contributed by atoms with Gasteiger partial charge >= 0.3 is 59.7 Å². The van der Waals surface area contributed by atoms with Gasteiger partial charge in [-0.05, 0) is 52.9 Å². The van der Waals surface area contributed by atoms with E-state index in [1.165, 1.54) is 13.8 Å². The summed E-state index contributed by atoms with van der Waals surface area (Å²) in [5.41, 5.74) is 0.